The van der Waals surface area contributed by atoms with Crippen LogP contribution in [0.1, 0.15) is 27.2 Å². The van der Waals surface area contributed by atoms with Gasteiger partial charge in [-0.2, -0.15) is 0 Å². The van der Waals surface area contributed by atoms with E-state index in [1.54, 1.807) is 0 Å². The van der Waals surface area contributed by atoms with Crippen LogP contribution in [0.15, 0.2) is 0 Å². The molecule has 1 amide bonds. The molecule has 0 radical (unpaired) electrons. The zero-order chi connectivity index (χ0) is 9.84. The van der Waals surface area contributed by atoms with Crippen molar-refractivity contribution in [3.8, 4) is 0 Å². The number of piperazine rings is 1. The van der Waals surface area contributed by atoms with Crippen molar-refractivity contribution in [1.82, 2.24) is 10.2 Å². The molecule has 1 saturated heterocycles. The van der Waals surface area contributed by atoms with Crippen LogP contribution in [-0.4, -0.2) is 36.5 Å². The molecule has 3 heteroatoms. The molecule has 0 saturated carbocycles. The second kappa shape index (κ2) is 4.61. The molecule has 0 aromatic rings. The Morgan fingerprint density at radius 3 is 2.69 bits per heavy atom. The lowest BCUT2D eigenvalue weighted by molar-refractivity contribution is -0.135. The maximum atomic E-state index is 11.6. The van der Waals surface area contributed by atoms with Crippen LogP contribution in [0.4, 0.5) is 0 Å². The molecule has 1 heterocycles. The van der Waals surface area contributed by atoms with Gasteiger partial charge in [0.15, 0.2) is 0 Å². The van der Waals surface area contributed by atoms with Crippen molar-refractivity contribution in [2.45, 2.75) is 33.2 Å². The first-order chi connectivity index (χ1) is 6.16. The Labute approximate surface area is 80.5 Å². The van der Waals surface area contributed by atoms with Crippen LogP contribution in [0.5, 0.6) is 0 Å². The van der Waals surface area contributed by atoms with Gasteiger partial charge in [0.2, 0.25) is 5.91 Å². The first-order valence-electron chi connectivity index (χ1n) is 5.17. The van der Waals surface area contributed by atoms with Crippen LogP contribution in [-0.2, 0) is 4.79 Å². The summed E-state index contributed by atoms with van der Waals surface area (Å²) in [6, 6.07) is 0.426. The molecule has 76 valence electrons. The van der Waals surface area contributed by atoms with Crippen molar-refractivity contribution in [3.63, 3.8) is 0 Å². The van der Waals surface area contributed by atoms with E-state index in [0.29, 0.717) is 18.5 Å². The minimum atomic E-state index is 0.256. The Bertz CT molecular complexity index is 180. The number of carbonyl (C=O) groups excluding carboxylic acids is 1. The molecule has 0 aromatic heterocycles. The van der Waals surface area contributed by atoms with Crippen LogP contribution in [0.3, 0.4) is 0 Å². The van der Waals surface area contributed by atoms with E-state index in [0.717, 1.165) is 19.5 Å². The van der Waals surface area contributed by atoms with Crippen molar-refractivity contribution in [2.75, 3.05) is 19.6 Å². The van der Waals surface area contributed by atoms with E-state index in [2.05, 4.69) is 26.1 Å². The molecular formula is C10H20N2O. The lowest BCUT2D eigenvalue weighted by Crippen LogP contribution is -2.53. The Morgan fingerprint density at radius 2 is 2.23 bits per heavy atom. The Morgan fingerprint density at radius 1 is 1.54 bits per heavy atom. The molecule has 13 heavy (non-hydrogen) atoms. The van der Waals surface area contributed by atoms with Crippen molar-refractivity contribution < 1.29 is 4.79 Å². The van der Waals surface area contributed by atoms with Gasteiger partial charge in [-0.05, 0) is 12.3 Å². The Hall–Kier alpha value is -0.570. The molecule has 1 unspecified atom stereocenters. The van der Waals surface area contributed by atoms with Gasteiger partial charge in [-0.1, -0.05) is 20.8 Å². The van der Waals surface area contributed by atoms with Crippen LogP contribution in [0.2, 0.25) is 0 Å². The van der Waals surface area contributed by atoms with Gasteiger partial charge in [0.05, 0.1) is 6.54 Å². The highest BCUT2D eigenvalue weighted by Crippen LogP contribution is 2.15. The third kappa shape index (κ3) is 2.44. The fourth-order valence-corrected chi connectivity index (χ4v) is 2.02. The van der Waals surface area contributed by atoms with Gasteiger partial charge in [-0.3, -0.25) is 4.79 Å². The summed E-state index contributed by atoms with van der Waals surface area (Å²) in [7, 11) is 0. The zero-order valence-electron chi connectivity index (χ0n) is 8.84. The highest BCUT2D eigenvalue weighted by atomic mass is 16.2. The molecule has 1 aliphatic rings. The molecule has 0 aromatic carbocycles. The molecular weight excluding hydrogens is 164 g/mol. The molecule has 1 N–H and O–H groups in total. The van der Waals surface area contributed by atoms with Crippen LogP contribution in [0, 0.1) is 5.92 Å². The minimum absolute atomic E-state index is 0.256. The quantitative estimate of drug-likeness (QED) is 0.705. The summed E-state index contributed by atoms with van der Waals surface area (Å²) in [4.78, 5) is 13.6. The van der Waals surface area contributed by atoms with Crippen molar-refractivity contribution in [1.29, 1.82) is 0 Å². The summed E-state index contributed by atoms with van der Waals surface area (Å²) in [5.74, 6) is 0.818. The maximum absolute atomic E-state index is 11.6. The molecule has 0 bridgehead atoms. The summed E-state index contributed by atoms with van der Waals surface area (Å²) >= 11 is 0. The van der Waals surface area contributed by atoms with E-state index in [4.69, 9.17) is 0 Å². The first-order valence-corrected chi connectivity index (χ1v) is 5.17. The Kier molecular flexibility index (Phi) is 3.72. The molecule has 3 nitrogen and oxygen atoms in total. The van der Waals surface area contributed by atoms with Gasteiger partial charge >= 0.3 is 0 Å². The SMILES string of the molecule is CCC(C(C)C)N1CCNCC1=O. The Balaban J connectivity index is 2.60. The summed E-state index contributed by atoms with van der Waals surface area (Å²) < 4.78 is 0. The van der Waals surface area contributed by atoms with Crippen LogP contribution in [0.25, 0.3) is 0 Å². The number of hydrogen-bond acceptors (Lipinski definition) is 2. The van der Waals surface area contributed by atoms with Gasteiger partial charge in [0.25, 0.3) is 0 Å². The second-order valence-electron chi connectivity index (χ2n) is 3.98. The number of amides is 1. The normalized spacial score (nSPS) is 20.9. The van der Waals surface area contributed by atoms with Crippen molar-refractivity contribution in [3.05, 3.63) is 0 Å². The molecule has 0 aliphatic carbocycles. The lowest BCUT2D eigenvalue weighted by Gasteiger charge is -2.36. The van der Waals surface area contributed by atoms with Gasteiger partial charge in [0.1, 0.15) is 0 Å². The van der Waals surface area contributed by atoms with Crippen molar-refractivity contribution in [2.24, 2.45) is 5.92 Å². The topological polar surface area (TPSA) is 32.3 Å². The number of hydrogen-bond donors (Lipinski definition) is 1. The zero-order valence-corrected chi connectivity index (χ0v) is 8.84. The van der Waals surface area contributed by atoms with Gasteiger partial charge in [0, 0.05) is 19.1 Å². The number of carbonyl (C=O) groups is 1. The highest BCUT2D eigenvalue weighted by Gasteiger charge is 2.26. The van der Waals surface area contributed by atoms with E-state index in [1.165, 1.54) is 0 Å². The standard InChI is InChI=1S/C10H20N2O/c1-4-9(8(2)3)12-6-5-11-7-10(12)13/h8-9,11H,4-7H2,1-3H3. The predicted molar refractivity (Wildman–Crippen MR) is 53.5 cm³/mol. The van der Waals surface area contributed by atoms with E-state index < -0.39 is 0 Å². The first kappa shape index (κ1) is 10.5. The molecule has 1 aliphatic heterocycles. The summed E-state index contributed by atoms with van der Waals surface area (Å²) in [5.41, 5.74) is 0. The van der Waals surface area contributed by atoms with Crippen molar-refractivity contribution >= 4 is 5.91 Å². The number of rotatable bonds is 3. The second-order valence-corrected chi connectivity index (χ2v) is 3.98. The van der Waals surface area contributed by atoms with Crippen LogP contribution >= 0.6 is 0 Å². The monoisotopic (exact) mass is 184 g/mol. The fraction of sp³-hybridized carbons (Fsp3) is 0.900. The van der Waals surface area contributed by atoms with E-state index in [1.807, 2.05) is 4.90 Å². The molecule has 1 rings (SSSR count). The lowest BCUT2D eigenvalue weighted by atomic mass is 9.99. The van der Waals surface area contributed by atoms with E-state index in [9.17, 15) is 4.79 Å². The number of nitrogens with zero attached hydrogens (tertiary/aromatic N) is 1. The smallest absolute Gasteiger partial charge is 0.236 e. The maximum Gasteiger partial charge on any atom is 0.236 e. The van der Waals surface area contributed by atoms with E-state index >= 15 is 0 Å². The summed E-state index contributed by atoms with van der Waals surface area (Å²) in [5, 5.41) is 3.09. The van der Waals surface area contributed by atoms with Crippen LogP contribution < -0.4 is 5.32 Å². The highest BCUT2D eigenvalue weighted by molar-refractivity contribution is 5.79. The fourth-order valence-electron chi connectivity index (χ4n) is 2.02. The van der Waals surface area contributed by atoms with E-state index in [-0.39, 0.29) is 5.91 Å². The minimum Gasteiger partial charge on any atom is -0.337 e. The molecule has 0 spiro atoms. The third-order valence-corrected chi connectivity index (χ3v) is 2.71. The largest absolute Gasteiger partial charge is 0.337 e. The average molecular weight is 184 g/mol. The van der Waals surface area contributed by atoms with Gasteiger partial charge in [-0.15, -0.1) is 0 Å². The predicted octanol–water partition coefficient (Wildman–Crippen LogP) is 0.853. The molecule has 1 atom stereocenters. The summed E-state index contributed by atoms with van der Waals surface area (Å²) in [6.45, 7) is 8.85. The van der Waals surface area contributed by atoms with Gasteiger partial charge < -0.3 is 10.2 Å². The third-order valence-electron chi connectivity index (χ3n) is 2.71. The summed E-state index contributed by atoms with van der Waals surface area (Å²) in [6.07, 6.45) is 1.06. The average Bonchev–Trinajstić information content (AvgIpc) is 2.09. The molecule has 1 fully saturated rings. The number of nitrogens with one attached hydrogen (secondary N) is 1. The van der Waals surface area contributed by atoms with Gasteiger partial charge in [-0.25, -0.2) is 0 Å².